The molecule has 0 radical (unpaired) electrons. The van der Waals surface area contributed by atoms with Gasteiger partial charge in [0.1, 0.15) is 105 Å². The molecule has 4 fully saturated rings. The van der Waals surface area contributed by atoms with Crippen LogP contribution in [0.25, 0.3) is 43.6 Å². The first-order valence-corrected chi connectivity index (χ1v) is 49.7. The van der Waals surface area contributed by atoms with Crippen LogP contribution in [-0.4, -0.2) is 297 Å². The Morgan fingerprint density at radius 1 is 0.366 bits per heavy atom. The van der Waals surface area contributed by atoms with Crippen molar-refractivity contribution in [2.24, 2.45) is 46.5 Å². The first-order chi connectivity index (χ1) is 65.5. The summed E-state index contributed by atoms with van der Waals surface area (Å²) in [6.45, 7) is 29.9. The number of para-hydroxylation sites is 4. The Kier molecular flexibility index (Phi) is 32.1. The van der Waals surface area contributed by atoms with E-state index in [0.717, 1.165) is 250 Å². The van der Waals surface area contributed by atoms with Gasteiger partial charge in [-0.1, -0.05) is 171 Å². The number of nitrogens with one attached hydrogen (secondary N) is 7. The van der Waals surface area contributed by atoms with Gasteiger partial charge >= 0.3 is 0 Å². The number of fused-ring (bicyclic) bond motifs is 8. The highest BCUT2D eigenvalue weighted by Crippen LogP contribution is 2.42. The predicted molar refractivity (Wildman–Crippen MR) is 545 cm³/mol. The van der Waals surface area contributed by atoms with Gasteiger partial charge in [-0.25, -0.2) is 20.0 Å². The van der Waals surface area contributed by atoms with Gasteiger partial charge in [-0.2, -0.15) is 0 Å². The summed E-state index contributed by atoms with van der Waals surface area (Å²) in [6, 6.07) is 54.8. The molecule has 0 aliphatic carbocycles. The minimum Gasteiger partial charge on any atom is -0.494 e. The van der Waals surface area contributed by atoms with Gasteiger partial charge in [0, 0.05) is 169 Å². The number of aliphatic imine (C=N–C) groups is 4. The monoisotopic (exact) mass is 2070 g/mol. The quantitative estimate of drug-likeness (QED) is 0.0147. The van der Waals surface area contributed by atoms with Gasteiger partial charge in [0.15, 0.2) is 30.1 Å². The number of oxime groups is 4. The zero-order valence-electron chi connectivity index (χ0n) is 76.0. The van der Waals surface area contributed by atoms with Gasteiger partial charge in [0.25, 0.3) is 0 Å². The smallest absolute Gasteiger partial charge is 0.199 e. The third kappa shape index (κ3) is 22.8. The number of nitrogens with zero attached hydrogens (tertiary/aromatic N) is 12. The lowest BCUT2D eigenvalue weighted by Crippen LogP contribution is -3.28. The van der Waals surface area contributed by atoms with Crippen molar-refractivity contribution in [2.45, 2.75) is 46.0 Å². The van der Waals surface area contributed by atoms with Crippen LogP contribution >= 0.6 is 63.7 Å². The van der Waals surface area contributed by atoms with E-state index in [4.69, 9.17) is 48.8 Å². The van der Waals surface area contributed by atoms with Gasteiger partial charge in [-0.3, -0.25) is 14.7 Å². The maximum atomic E-state index is 10.8. The summed E-state index contributed by atoms with van der Waals surface area (Å²) in [4.78, 5) is 69.1. The number of rotatable bonds is 30. The molecule has 11 N–H and O–H groups in total. The molecule has 12 heterocycles. The summed E-state index contributed by atoms with van der Waals surface area (Å²) in [5.41, 5.74) is 17.9. The molecule has 0 atom stereocenters. The van der Waals surface area contributed by atoms with Gasteiger partial charge in [0.05, 0.1) is 78.4 Å². The third-order valence-electron chi connectivity index (χ3n) is 25.7. The summed E-state index contributed by atoms with van der Waals surface area (Å²) in [5.74, 6) is 1.02. The molecule has 8 aliphatic rings. The molecule has 0 amide bonds. The minimum atomic E-state index is 0.0697. The zero-order chi connectivity index (χ0) is 92.6. The van der Waals surface area contributed by atoms with Crippen molar-refractivity contribution in [3.8, 4) is 23.5 Å². The molecule has 0 saturated carbocycles. The molecule has 0 spiro atoms. The molecule has 4 saturated heterocycles. The molecule has 8 aromatic carbocycles. The van der Waals surface area contributed by atoms with Crippen LogP contribution < -0.4 is 14.7 Å². The van der Waals surface area contributed by atoms with Crippen LogP contribution in [0.5, 0.6) is 23.5 Å². The molecule has 134 heavy (non-hydrogen) atoms. The highest BCUT2D eigenvalue weighted by Gasteiger charge is 2.36. The Bertz CT molecular complexity index is 6020. The van der Waals surface area contributed by atoms with Crippen molar-refractivity contribution in [1.82, 2.24) is 39.5 Å². The van der Waals surface area contributed by atoms with E-state index in [2.05, 4.69) is 152 Å². The van der Waals surface area contributed by atoms with Crippen LogP contribution in [-0.2, 0) is 28.8 Å². The molecule has 33 heteroatoms. The SMILES string of the molecule is CCCOCCN1CCN(CCO/N=C2/C(c3c(O)[nH]c4ccc(Br)cc34)=Nc3ccccc32)CC1.CCCOCC[NH+]1CC[NH+](CCO/N=C2/C(c3c(O)[nH]c4ccc(Br)cc34)=Nc3ccccc32)CC1.CN1CCN(CCO/N=C2/C(c3c(O)[nH]c4ccc(Br)cc34)=Nc3ccccc32)CC1.C[NH+]1CCC(CCO/N=C2/C(c3c(O)[nH]c4ccc(Br)cc34)=Nc3ccccc32)CC1. The van der Waals surface area contributed by atoms with Crippen molar-refractivity contribution in [1.29, 1.82) is 0 Å². The van der Waals surface area contributed by atoms with Gasteiger partial charge in [0.2, 0.25) is 0 Å². The number of likely N-dealkylation sites (tertiary alicyclic amines) is 1. The van der Waals surface area contributed by atoms with Crippen LogP contribution in [0.2, 0.25) is 0 Å². The predicted octanol–water partition coefficient (Wildman–Crippen LogP) is 13.8. The number of piperazine rings is 3. The molecule has 700 valence electrons. The summed E-state index contributed by atoms with van der Waals surface area (Å²) in [5, 5.41) is 64.5. The Morgan fingerprint density at radius 2 is 0.664 bits per heavy atom. The van der Waals surface area contributed by atoms with Crippen molar-refractivity contribution in [3.05, 3.63) is 232 Å². The molecule has 0 bridgehead atoms. The Balaban J connectivity index is 0.000000125. The summed E-state index contributed by atoms with van der Waals surface area (Å²) in [6.07, 6.45) is 5.66. The number of hydrogen-bond donors (Lipinski definition) is 11. The Hall–Kier alpha value is -10.8. The second-order valence-corrected chi connectivity index (χ2v) is 38.6. The van der Waals surface area contributed by atoms with E-state index in [-0.39, 0.29) is 23.5 Å². The number of halogens is 4. The minimum absolute atomic E-state index is 0.0697. The largest absolute Gasteiger partial charge is 0.494 e. The highest BCUT2D eigenvalue weighted by atomic mass is 79.9. The fraction of sp³-hybridized carbons (Fsp3) is 0.366. The number of likely N-dealkylation sites (N-methyl/N-ethyl adjacent to an activating group) is 1. The lowest BCUT2D eigenvalue weighted by molar-refractivity contribution is -1.01. The number of aromatic hydroxyl groups is 4. The fourth-order valence-electron chi connectivity index (χ4n) is 18.2. The summed E-state index contributed by atoms with van der Waals surface area (Å²) >= 11 is 14.1. The van der Waals surface area contributed by atoms with Crippen molar-refractivity contribution in [2.75, 3.05) is 191 Å². The second kappa shape index (κ2) is 45.3. The normalized spacial score (nSPS) is 19.6. The number of ether oxygens (including phenoxy) is 2. The van der Waals surface area contributed by atoms with E-state index in [1.54, 1.807) is 14.7 Å². The van der Waals surface area contributed by atoms with E-state index in [0.29, 0.717) is 100 Å². The van der Waals surface area contributed by atoms with Crippen LogP contribution in [0.3, 0.4) is 0 Å². The maximum Gasteiger partial charge on any atom is 0.199 e. The average molecular weight is 2080 g/mol. The molecule has 29 nitrogen and oxygen atoms in total. The van der Waals surface area contributed by atoms with Gasteiger partial charge in [-0.05, 0) is 142 Å². The lowest BCUT2D eigenvalue weighted by Gasteiger charge is -2.34. The number of H-pyrrole nitrogens is 4. The Morgan fingerprint density at radius 3 is 1.01 bits per heavy atom. The van der Waals surface area contributed by atoms with Crippen molar-refractivity contribution in [3.63, 3.8) is 0 Å². The van der Waals surface area contributed by atoms with E-state index in [9.17, 15) is 20.4 Å². The number of aromatic nitrogens is 4. The van der Waals surface area contributed by atoms with Crippen LogP contribution in [0.1, 0.15) is 90.5 Å². The van der Waals surface area contributed by atoms with Crippen molar-refractivity contribution < 1.29 is 63.9 Å². The molecule has 4 aromatic heterocycles. The molecule has 0 unspecified atom stereocenters. The van der Waals surface area contributed by atoms with E-state index < -0.39 is 0 Å². The average Bonchev–Trinajstić information content (AvgIpc) is 1.62. The zero-order valence-corrected chi connectivity index (χ0v) is 82.3. The van der Waals surface area contributed by atoms with Crippen LogP contribution in [0.15, 0.2) is 228 Å². The molecular weight excluding hydrogens is 1960 g/mol. The first kappa shape index (κ1) is 95.0. The second-order valence-electron chi connectivity index (χ2n) is 34.9. The van der Waals surface area contributed by atoms with Gasteiger partial charge in [-0.15, -0.1) is 0 Å². The topological polar surface area (TPSA) is 325 Å². The van der Waals surface area contributed by atoms with E-state index in [1.165, 1.54) is 39.0 Å². The molecular formula is C101H116Br4N19O10+3. The molecule has 8 aliphatic heterocycles. The van der Waals surface area contributed by atoms with Gasteiger partial charge < -0.3 is 88.8 Å². The van der Waals surface area contributed by atoms with Crippen molar-refractivity contribution >= 4 is 176 Å². The maximum absolute atomic E-state index is 10.8. The number of piperidine rings is 1. The lowest BCUT2D eigenvalue weighted by atomic mass is 9.94. The van der Waals surface area contributed by atoms with Crippen LogP contribution in [0, 0.1) is 5.92 Å². The fourth-order valence-corrected chi connectivity index (χ4v) is 19.7. The first-order valence-electron chi connectivity index (χ1n) is 46.5. The highest BCUT2D eigenvalue weighted by molar-refractivity contribution is 9.11. The number of benzene rings is 8. The van der Waals surface area contributed by atoms with E-state index >= 15 is 0 Å². The Labute approximate surface area is 812 Å². The summed E-state index contributed by atoms with van der Waals surface area (Å²) in [7, 11) is 4.41. The van der Waals surface area contributed by atoms with Crippen LogP contribution in [0.4, 0.5) is 22.7 Å². The number of quaternary nitrogens is 3. The molecule has 20 rings (SSSR count). The number of hydrogen-bond acceptors (Lipinski definition) is 22. The summed E-state index contributed by atoms with van der Waals surface area (Å²) < 4.78 is 15.0. The number of aromatic amines is 4. The standard InChI is InChI=1S/2C27H32BrN5O3.C24H25BrN4O2.C23H24BrN5O2/c2*1-2-15-35-16-13-32-9-11-33(12-10-32)14-17-36-31-25-20-5-3-4-6-22(20)29-26(25)24-21-18-19(28)7-8-23(21)30-27(24)34;1-29-11-8-15(9-12-29)10-13-31-28-22-17-4-2-3-5-19(17)26-23(22)21-18-14-16(25)6-7-20(18)27-24(21)30;1-28-8-10-29(11-9-28)12-13-31-27-21-16-4-2-3-5-18(16)25-22(21)20-17-14-15(24)6-7-19(17)26-23(20)30/h2*3-8,18,30,34H,2,9-17H2,1H3;2-7,14-15,27,30H,8-13H2,1H3;2-7,14,26,30H,8-13H2,1H3/p+3/b2*31-25+;28-22+;27-21+. The molecule has 12 aromatic rings. The third-order valence-corrected chi connectivity index (χ3v) is 27.7. The van der Waals surface area contributed by atoms with E-state index in [1.807, 2.05) is 170 Å².